The van der Waals surface area contributed by atoms with Gasteiger partial charge in [-0.3, -0.25) is 19.9 Å². The van der Waals surface area contributed by atoms with Crippen LogP contribution in [-0.2, 0) is 25.7 Å². The van der Waals surface area contributed by atoms with Crippen molar-refractivity contribution in [1.29, 1.82) is 0 Å². The van der Waals surface area contributed by atoms with Crippen molar-refractivity contribution in [2.45, 2.75) is 152 Å². The Kier molecular flexibility index (Phi) is 21.8. The molecule has 0 amide bonds. The zero-order valence-electron chi connectivity index (χ0n) is 60.9. The van der Waals surface area contributed by atoms with E-state index in [0.717, 1.165) is 161 Å². The number of nitrogens with one attached hydrogen (secondary N) is 4. The van der Waals surface area contributed by atoms with Gasteiger partial charge in [0.25, 0.3) is 0 Å². The van der Waals surface area contributed by atoms with E-state index >= 15 is 0 Å². The van der Waals surface area contributed by atoms with E-state index in [1.807, 2.05) is 122 Å². The number of rotatable bonds is 12. The molecular formula is C92H87Cl4FN12. The Morgan fingerprint density at radius 1 is 0.294 bits per heavy atom. The summed E-state index contributed by atoms with van der Waals surface area (Å²) in [5.41, 5.74) is 17.8. The summed E-state index contributed by atoms with van der Waals surface area (Å²) in [7, 11) is 0. The van der Waals surface area contributed by atoms with Crippen molar-refractivity contribution in [3.05, 3.63) is 284 Å². The number of imidazole rings is 4. The van der Waals surface area contributed by atoms with E-state index in [4.69, 9.17) is 66.3 Å². The number of pyridine rings is 4. The molecule has 8 heterocycles. The lowest BCUT2D eigenvalue weighted by molar-refractivity contribution is 0.321. The van der Waals surface area contributed by atoms with Crippen molar-refractivity contribution in [3.63, 3.8) is 0 Å². The van der Waals surface area contributed by atoms with Gasteiger partial charge < -0.3 is 19.9 Å². The summed E-state index contributed by atoms with van der Waals surface area (Å²) < 4.78 is 14.1. The molecule has 4 aliphatic rings. The van der Waals surface area contributed by atoms with Gasteiger partial charge in [-0.1, -0.05) is 94.9 Å². The largest absolute Gasteiger partial charge is 0.342 e. The first-order valence-corrected chi connectivity index (χ1v) is 40.6. The predicted molar refractivity (Wildman–Crippen MR) is 445 cm³/mol. The molecule has 16 aromatic rings. The molecule has 4 saturated carbocycles. The highest BCUT2D eigenvalue weighted by Gasteiger charge is 2.29. The highest BCUT2D eigenvalue weighted by Crippen LogP contribution is 2.44. The Hall–Kier alpha value is -9.63. The molecule has 0 unspecified atom stereocenters. The van der Waals surface area contributed by atoms with Gasteiger partial charge in [0.2, 0.25) is 0 Å². The fourth-order valence-electron chi connectivity index (χ4n) is 18.0. The van der Waals surface area contributed by atoms with Crippen LogP contribution in [0.25, 0.3) is 87.7 Å². The van der Waals surface area contributed by atoms with Gasteiger partial charge in [-0.25, -0.2) is 24.3 Å². The summed E-state index contributed by atoms with van der Waals surface area (Å²) in [5.74, 6) is 9.27. The zero-order valence-corrected chi connectivity index (χ0v) is 64.0. The standard InChI is InChI=1S/C23H21ClFN3.3C23H22ClN3/c24-16-7-10-20-21(13-16)28-22(27-20)12-14-3-5-15(6-4-14)17-8-9-19(25)18-2-1-11-26-23(17)18;24-17-10-11-21-22(14-17)27-23(26-21)13-15-6-8-16(9-7-15)18-3-1-5-20-19(18)4-2-12-25-20;2*24-19-8-10-21-22(14-19)27-23(26-21)12-15-3-5-16(6-4-15)17-7-9-20-18(13-17)2-1-11-25-20/h1-2,7-11,13-15H,3-6,12H2,(H,27,28);1-5,10-12,14-16H,6-9,13H2,(H,26,27);2*1-2,7-11,13-16H,3-6,12H2,(H,26,27). The van der Waals surface area contributed by atoms with Crippen LogP contribution in [0.1, 0.15) is 172 Å². The molecule has 20 rings (SSSR count). The molecule has 4 N–H and O–H groups in total. The third-order valence-corrected chi connectivity index (χ3v) is 24.7. The van der Waals surface area contributed by atoms with Crippen LogP contribution in [0.2, 0.25) is 20.1 Å². The molecule has 0 bridgehead atoms. The number of benzene rings is 8. The van der Waals surface area contributed by atoms with Crippen molar-refractivity contribution < 1.29 is 4.39 Å². The number of aromatic amines is 4. The maximum absolute atomic E-state index is 14.1. The summed E-state index contributed by atoms with van der Waals surface area (Å²) in [6, 6.07) is 63.1. The molecule has 4 fully saturated rings. The summed E-state index contributed by atoms with van der Waals surface area (Å²) in [5, 5.41) is 7.43. The Morgan fingerprint density at radius 3 is 1.06 bits per heavy atom. The van der Waals surface area contributed by atoms with Crippen molar-refractivity contribution >= 4 is 134 Å². The Morgan fingerprint density at radius 2 is 0.642 bits per heavy atom. The van der Waals surface area contributed by atoms with Gasteiger partial charge in [0.1, 0.15) is 29.1 Å². The second kappa shape index (κ2) is 32.9. The molecule has 550 valence electrons. The average molecular weight is 1520 g/mol. The van der Waals surface area contributed by atoms with E-state index in [2.05, 4.69) is 113 Å². The van der Waals surface area contributed by atoms with Crippen molar-refractivity contribution in [2.24, 2.45) is 23.7 Å². The van der Waals surface area contributed by atoms with Crippen molar-refractivity contribution in [1.82, 2.24) is 59.8 Å². The first kappa shape index (κ1) is 72.2. The molecule has 0 spiro atoms. The molecule has 0 saturated heterocycles. The third kappa shape index (κ3) is 17.1. The predicted octanol–water partition coefficient (Wildman–Crippen LogP) is 25.3. The number of aromatic nitrogens is 12. The van der Waals surface area contributed by atoms with Crippen LogP contribution in [0.5, 0.6) is 0 Å². The van der Waals surface area contributed by atoms with Gasteiger partial charge in [0, 0.05) is 92.1 Å². The molecule has 17 heteroatoms. The minimum absolute atomic E-state index is 0.189. The second-order valence-electron chi connectivity index (χ2n) is 30.9. The summed E-state index contributed by atoms with van der Waals surface area (Å²) in [6.07, 6.45) is 30.9. The lowest BCUT2D eigenvalue weighted by atomic mass is 9.76. The molecule has 109 heavy (non-hydrogen) atoms. The highest BCUT2D eigenvalue weighted by molar-refractivity contribution is 6.32. The molecular weight excluding hydrogens is 1430 g/mol. The number of hydrogen-bond donors (Lipinski definition) is 4. The maximum atomic E-state index is 14.1. The summed E-state index contributed by atoms with van der Waals surface area (Å²) in [4.78, 5) is 50.5. The molecule has 0 radical (unpaired) electrons. The topological polar surface area (TPSA) is 166 Å². The smallest absolute Gasteiger partial charge is 0.132 e. The van der Waals surface area contributed by atoms with E-state index in [1.165, 1.54) is 115 Å². The Bertz CT molecular complexity index is 5670. The normalized spacial score (nSPS) is 20.3. The van der Waals surface area contributed by atoms with Gasteiger partial charge in [0.15, 0.2) is 0 Å². The minimum Gasteiger partial charge on any atom is -0.342 e. The molecule has 0 aliphatic heterocycles. The summed E-state index contributed by atoms with van der Waals surface area (Å²) >= 11 is 24.3. The summed E-state index contributed by atoms with van der Waals surface area (Å²) in [6.45, 7) is 0. The highest BCUT2D eigenvalue weighted by atomic mass is 35.5. The Balaban J connectivity index is 0.000000106. The number of nitrogens with zero attached hydrogens (tertiary/aromatic N) is 8. The van der Waals surface area contributed by atoms with Gasteiger partial charge in [-0.15, -0.1) is 0 Å². The minimum atomic E-state index is -0.189. The van der Waals surface area contributed by atoms with Crippen LogP contribution in [0, 0.1) is 29.5 Å². The number of halogens is 5. The molecule has 0 atom stereocenters. The van der Waals surface area contributed by atoms with Crippen molar-refractivity contribution in [3.8, 4) is 0 Å². The zero-order chi connectivity index (χ0) is 73.7. The van der Waals surface area contributed by atoms with E-state index in [0.29, 0.717) is 52.7 Å². The molecule has 4 aliphatic carbocycles. The fraction of sp³-hybridized carbons (Fsp3) is 0.304. The maximum Gasteiger partial charge on any atom is 0.132 e. The molecule has 12 nitrogen and oxygen atoms in total. The first-order chi connectivity index (χ1) is 53.4. The monoisotopic (exact) mass is 1520 g/mol. The van der Waals surface area contributed by atoms with Crippen LogP contribution >= 0.6 is 46.4 Å². The van der Waals surface area contributed by atoms with Gasteiger partial charge >= 0.3 is 0 Å². The van der Waals surface area contributed by atoms with E-state index in [1.54, 1.807) is 18.3 Å². The SMILES string of the molecule is Clc1ccc2nc(CC3CCC(c4ccc5ncccc5c4)CC3)[nH]c2c1.Clc1ccc2nc(CC3CCC(c4ccc5ncccc5c4)CC3)[nH]c2c1.Clc1ccc2nc(CC3CCC(c4cccc5ncccc45)CC3)[nH]c2c1.Fc1ccc(C2CCC(Cc3nc4ccc(Cl)cc4[nH]3)CC2)c2ncccc12. The van der Waals surface area contributed by atoms with Crippen LogP contribution < -0.4 is 0 Å². The second-order valence-corrected chi connectivity index (χ2v) is 32.7. The van der Waals surface area contributed by atoms with Gasteiger partial charge in [-0.2, -0.15) is 0 Å². The Labute approximate surface area is 653 Å². The first-order valence-electron chi connectivity index (χ1n) is 39.0. The third-order valence-electron chi connectivity index (χ3n) is 23.8. The van der Waals surface area contributed by atoms with Gasteiger partial charge in [0.05, 0.1) is 66.2 Å². The fourth-order valence-corrected chi connectivity index (χ4v) is 18.7. The number of fused-ring (bicyclic) bond motifs is 8. The van der Waals surface area contributed by atoms with Crippen LogP contribution in [0.4, 0.5) is 4.39 Å². The quantitative estimate of drug-likeness (QED) is 0.0938. The molecule has 8 aromatic carbocycles. The van der Waals surface area contributed by atoms with E-state index in [-0.39, 0.29) is 5.82 Å². The van der Waals surface area contributed by atoms with Crippen LogP contribution in [0.3, 0.4) is 0 Å². The van der Waals surface area contributed by atoms with E-state index < -0.39 is 0 Å². The van der Waals surface area contributed by atoms with E-state index in [9.17, 15) is 4.39 Å². The lowest BCUT2D eigenvalue weighted by Gasteiger charge is -2.29. The van der Waals surface area contributed by atoms with Crippen molar-refractivity contribution in [2.75, 3.05) is 0 Å². The number of H-pyrrole nitrogens is 4. The van der Waals surface area contributed by atoms with Gasteiger partial charge in [-0.05, 0) is 312 Å². The van der Waals surface area contributed by atoms with Crippen LogP contribution in [-0.4, -0.2) is 59.8 Å². The number of hydrogen-bond acceptors (Lipinski definition) is 8. The molecule has 8 aromatic heterocycles. The average Bonchev–Trinajstić information content (AvgIpc) is 1.63. The lowest BCUT2D eigenvalue weighted by Crippen LogP contribution is -2.16. The van der Waals surface area contributed by atoms with Crippen LogP contribution in [0.15, 0.2) is 213 Å².